The number of nitro groups is 1. The van der Waals surface area contributed by atoms with Gasteiger partial charge in [-0.1, -0.05) is 23.6 Å². The van der Waals surface area contributed by atoms with Crippen molar-refractivity contribution >= 4 is 23.2 Å². The Bertz CT molecular complexity index is 547. The first kappa shape index (κ1) is 14.0. The third kappa shape index (κ3) is 2.99. The van der Waals surface area contributed by atoms with Crippen LogP contribution in [0.3, 0.4) is 0 Å². The number of carbonyl (C=O) groups excluding carboxylic acids is 1. The number of nitrogens with zero attached hydrogens (tertiary/aromatic N) is 1. The smallest absolute Gasteiger partial charge is 0.300 e. The molecule has 0 aliphatic heterocycles. The fraction of sp³-hybridized carbons (Fsp3) is 0.250. The lowest BCUT2D eigenvalue weighted by Crippen LogP contribution is -2.42. The number of para-hydroxylation sites is 1. The zero-order valence-electron chi connectivity index (χ0n) is 9.86. The highest BCUT2D eigenvalue weighted by Gasteiger charge is 2.26. The molecule has 0 aliphatic carbocycles. The number of amides is 1. The number of hydrogen-bond acceptors (Lipinski definition) is 3. The second kappa shape index (κ2) is 5.07. The summed E-state index contributed by atoms with van der Waals surface area (Å²) in [7, 11) is 0. The van der Waals surface area contributed by atoms with Gasteiger partial charge < -0.3 is 5.32 Å². The van der Waals surface area contributed by atoms with E-state index in [0.717, 1.165) is 0 Å². The highest BCUT2D eigenvalue weighted by molar-refractivity contribution is 6.33. The van der Waals surface area contributed by atoms with Crippen LogP contribution in [0.2, 0.25) is 5.02 Å². The van der Waals surface area contributed by atoms with Gasteiger partial charge in [0.2, 0.25) is 0 Å². The van der Waals surface area contributed by atoms with Gasteiger partial charge in [-0.05, 0) is 26.0 Å². The largest absolute Gasteiger partial charge is 0.336 e. The van der Waals surface area contributed by atoms with Gasteiger partial charge in [0.15, 0.2) is 0 Å². The molecule has 0 unspecified atom stereocenters. The van der Waals surface area contributed by atoms with E-state index in [-0.39, 0.29) is 10.6 Å². The number of halogens is 1. The van der Waals surface area contributed by atoms with Gasteiger partial charge >= 0.3 is 5.69 Å². The zero-order chi connectivity index (χ0) is 13.9. The first-order valence-electron chi connectivity index (χ1n) is 5.01. The molecule has 1 aromatic rings. The Kier molecular flexibility index (Phi) is 3.94. The van der Waals surface area contributed by atoms with E-state index in [9.17, 15) is 14.9 Å². The summed E-state index contributed by atoms with van der Waals surface area (Å²) in [5.74, 6) is 1.74. The first-order valence-corrected chi connectivity index (χ1v) is 5.39. The summed E-state index contributed by atoms with van der Waals surface area (Å²) in [4.78, 5) is 22.1. The van der Waals surface area contributed by atoms with E-state index in [1.54, 1.807) is 13.8 Å². The summed E-state index contributed by atoms with van der Waals surface area (Å²) in [6.07, 6.45) is 5.24. The van der Waals surface area contributed by atoms with E-state index >= 15 is 0 Å². The minimum atomic E-state index is -0.896. The van der Waals surface area contributed by atoms with Crippen LogP contribution < -0.4 is 5.32 Å². The molecule has 0 saturated carbocycles. The third-order valence-corrected chi connectivity index (χ3v) is 2.51. The van der Waals surface area contributed by atoms with Crippen LogP contribution >= 0.6 is 11.6 Å². The van der Waals surface area contributed by atoms with Crippen molar-refractivity contribution < 1.29 is 9.72 Å². The molecule has 0 aromatic heterocycles. The van der Waals surface area contributed by atoms with Gasteiger partial charge in [0.25, 0.3) is 5.91 Å². The number of rotatable bonds is 3. The molecule has 0 aliphatic rings. The lowest BCUT2D eigenvalue weighted by molar-refractivity contribution is -0.385. The summed E-state index contributed by atoms with van der Waals surface area (Å²) in [5, 5.41) is 13.3. The summed E-state index contributed by atoms with van der Waals surface area (Å²) in [6.45, 7) is 3.22. The highest BCUT2D eigenvalue weighted by atomic mass is 35.5. The second-order valence-electron chi connectivity index (χ2n) is 4.12. The Morgan fingerprint density at radius 1 is 1.56 bits per heavy atom. The molecule has 0 spiro atoms. The monoisotopic (exact) mass is 266 g/mol. The van der Waals surface area contributed by atoms with Crippen molar-refractivity contribution in [2.24, 2.45) is 0 Å². The van der Waals surface area contributed by atoms with Gasteiger partial charge in [-0.3, -0.25) is 14.9 Å². The second-order valence-corrected chi connectivity index (χ2v) is 4.52. The minimum Gasteiger partial charge on any atom is -0.336 e. The van der Waals surface area contributed by atoms with Crippen LogP contribution in [0.15, 0.2) is 18.2 Å². The minimum absolute atomic E-state index is 0.0915. The Morgan fingerprint density at radius 3 is 2.67 bits per heavy atom. The molecule has 0 bridgehead atoms. The molecule has 1 amide bonds. The molecule has 18 heavy (non-hydrogen) atoms. The molecule has 0 radical (unpaired) electrons. The van der Waals surface area contributed by atoms with Crippen LogP contribution in [0.4, 0.5) is 5.69 Å². The van der Waals surface area contributed by atoms with Crippen molar-refractivity contribution in [3.63, 3.8) is 0 Å². The molecule has 0 heterocycles. The number of terminal acetylenes is 1. The van der Waals surface area contributed by atoms with Crippen LogP contribution in [-0.4, -0.2) is 16.4 Å². The van der Waals surface area contributed by atoms with Crippen molar-refractivity contribution in [3.8, 4) is 12.3 Å². The van der Waals surface area contributed by atoms with Crippen molar-refractivity contribution in [3.05, 3.63) is 38.9 Å². The number of benzene rings is 1. The Morgan fingerprint density at radius 2 is 2.17 bits per heavy atom. The van der Waals surface area contributed by atoms with Crippen LogP contribution in [0.25, 0.3) is 0 Å². The molecule has 0 atom stereocenters. The predicted molar refractivity (Wildman–Crippen MR) is 68.5 cm³/mol. The van der Waals surface area contributed by atoms with Crippen molar-refractivity contribution in [1.29, 1.82) is 0 Å². The lowest BCUT2D eigenvalue weighted by atomic mass is 10.1. The number of carbonyl (C=O) groups is 1. The quantitative estimate of drug-likeness (QED) is 0.519. The van der Waals surface area contributed by atoms with E-state index in [2.05, 4.69) is 11.2 Å². The van der Waals surface area contributed by atoms with Crippen molar-refractivity contribution in [1.82, 2.24) is 5.32 Å². The van der Waals surface area contributed by atoms with Gasteiger partial charge in [-0.25, -0.2) is 0 Å². The number of nitro benzene ring substituents is 1. The molecule has 0 fully saturated rings. The number of nitrogens with one attached hydrogen (secondary N) is 1. The molecule has 5 nitrogen and oxygen atoms in total. The zero-order valence-corrected chi connectivity index (χ0v) is 10.6. The van der Waals surface area contributed by atoms with E-state index in [0.29, 0.717) is 0 Å². The van der Waals surface area contributed by atoms with Gasteiger partial charge in [0.05, 0.1) is 10.5 Å². The average Bonchev–Trinajstić information content (AvgIpc) is 2.27. The van der Waals surface area contributed by atoms with Crippen molar-refractivity contribution in [2.75, 3.05) is 0 Å². The van der Waals surface area contributed by atoms with E-state index in [1.165, 1.54) is 18.2 Å². The number of hydrogen-bond donors (Lipinski definition) is 1. The molecule has 6 heteroatoms. The van der Waals surface area contributed by atoms with Gasteiger partial charge in [-0.15, -0.1) is 6.42 Å². The normalized spacial score (nSPS) is 10.6. The summed E-state index contributed by atoms with van der Waals surface area (Å²) in [5.41, 5.74) is -1.44. The predicted octanol–water partition coefficient (Wildman–Crippen LogP) is 2.39. The lowest BCUT2D eigenvalue weighted by Gasteiger charge is -2.19. The third-order valence-electron chi connectivity index (χ3n) is 2.20. The van der Waals surface area contributed by atoms with E-state index in [4.69, 9.17) is 18.0 Å². The fourth-order valence-corrected chi connectivity index (χ4v) is 1.51. The molecule has 0 saturated heterocycles. The Hall–Kier alpha value is -2.06. The SMILES string of the molecule is C#CC(C)(C)NC(=O)c1cccc(Cl)c1[N+](=O)[O-]. The van der Waals surface area contributed by atoms with Crippen LogP contribution in [-0.2, 0) is 0 Å². The maximum atomic E-state index is 11.9. The van der Waals surface area contributed by atoms with Gasteiger partial charge in [0.1, 0.15) is 10.6 Å². The first-order chi connectivity index (χ1) is 8.28. The molecular weight excluding hydrogens is 256 g/mol. The molecule has 94 valence electrons. The maximum absolute atomic E-state index is 11.9. The van der Waals surface area contributed by atoms with Gasteiger partial charge in [0, 0.05) is 0 Å². The van der Waals surface area contributed by atoms with Crippen LogP contribution in [0.5, 0.6) is 0 Å². The summed E-state index contributed by atoms with van der Waals surface area (Å²) < 4.78 is 0. The van der Waals surface area contributed by atoms with Gasteiger partial charge in [-0.2, -0.15) is 0 Å². The highest BCUT2D eigenvalue weighted by Crippen LogP contribution is 2.28. The van der Waals surface area contributed by atoms with E-state index in [1.807, 2.05) is 0 Å². The fourth-order valence-electron chi connectivity index (χ4n) is 1.27. The molecular formula is C12H11ClN2O3. The summed E-state index contributed by atoms with van der Waals surface area (Å²) in [6, 6.07) is 4.14. The Labute approximate surface area is 109 Å². The molecule has 1 N–H and O–H groups in total. The van der Waals surface area contributed by atoms with Crippen LogP contribution in [0, 0.1) is 22.5 Å². The maximum Gasteiger partial charge on any atom is 0.300 e. The van der Waals surface area contributed by atoms with Crippen molar-refractivity contribution in [2.45, 2.75) is 19.4 Å². The Balaban J connectivity index is 3.19. The van der Waals surface area contributed by atoms with Crippen LogP contribution in [0.1, 0.15) is 24.2 Å². The van der Waals surface area contributed by atoms with E-state index < -0.39 is 22.1 Å². The topological polar surface area (TPSA) is 72.2 Å². The average molecular weight is 267 g/mol. The molecule has 1 aromatic carbocycles. The summed E-state index contributed by atoms with van der Waals surface area (Å²) >= 11 is 5.71. The standard InChI is InChI=1S/C12H11ClN2O3/c1-4-12(2,3)14-11(16)8-6-5-7-9(13)10(8)15(17)18/h1,5-7H,2-3H3,(H,14,16). The molecule has 1 rings (SSSR count).